The van der Waals surface area contributed by atoms with Crippen LogP contribution in [0.1, 0.15) is 0 Å². The van der Waals surface area contributed by atoms with Gasteiger partial charge in [-0.3, -0.25) is 19.7 Å². The molecule has 1 aliphatic heterocycles. The maximum Gasteiger partial charge on any atom is 0.273 e. The lowest BCUT2D eigenvalue weighted by atomic mass is 10.1. The number of anilines is 2. The van der Waals surface area contributed by atoms with E-state index in [4.69, 9.17) is 26.8 Å². The van der Waals surface area contributed by atoms with Gasteiger partial charge >= 0.3 is 0 Å². The molecule has 0 aromatic heterocycles. The second-order valence-corrected chi connectivity index (χ2v) is 9.63. The summed E-state index contributed by atoms with van der Waals surface area (Å²) in [4.78, 5) is 41.4. The Bertz CT molecular complexity index is 1580. The van der Waals surface area contributed by atoms with Crippen molar-refractivity contribution in [3.63, 3.8) is 0 Å². The van der Waals surface area contributed by atoms with Crippen molar-refractivity contribution in [2.75, 3.05) is 24.9 Å². The predicted molar refractivity (Wildman–Crippen MR) is 151 cm³/mol. The van der Waals surface area contributed by atoms with E-state index in [1.165, 1.54) is 50.6 Å². The number of nitrogens with zero attached hydrogens (tertiary/aromatic N) is 2. The van der Waals surface area contributed by atoms with Crippen molar-refractivity contribution in [2.45, 2.75) is 5.25 Å². The van der Waals surface area contributed by atoms with Gasteiger partial charge in [-0.2, -0.15) is 0 Å². The molecule has 4 N–H and O–H groups in total. The standard InChI is InChI=1S/C26H21ClFN5O6S/c1-38-19-10-7-13(11-15(19)27)30-24(34)21-22(29)23(40-26(21)32-17-6-4-3-5-16(17)28)25(35)31-18-9-8-14(33(36)37)12-20(18)39-2/h3-12,23H,29H2,1-2H3,(H,30,34)(H,31,35). The Morgan fingerprint density at radius 2 is 1.80 bits per heavy atom. The molecule has 1 atom stereocenters. The number of rotatable bonds is 8. The van der Waals surface area contributed by atoms with Gasteiger partial charge in [-0.15, -0.1) is 0 Å². The van der Waals surface area contributed by atoms with E-state index in [0.29, 0.717) is 11.4 Å². The smallest absolute Gasteiger partial charge is 0.273 e. The highest BCUT2D eigenvalue weighted by atomic mass is 35.5. The van der Waals surface area contributed by atoms with Crippen LogP contribution in [-0.4, -0.2) is 41.3 Å². The molecule has 0 bridgehead atoms. The number of nitrogens with one attached hydrogen (secondary N) is 2. The van der Waals surface area contributed by atoms with E-state index in [-0.39, 0.29) is 44.1 Å². The van der Waals surface area contributed by atoms with Gasteiger partial charge in [-0.1, -0.05) is 35.5 Å². The minimum Gasteiger partial charge on any atom is -0.495 e. The van der Waals surface area contributed by atoms with Gasteiger partial charge in [0.1, 0.15) is 33.3 Å². The predicted octanol–water partition coefficient (Wildman–Crippen LogP) is 5.04. The maximum absolute atomic E-state index is 14.4. The number of nitrogens with two attached hydrogens (primary N) is 1. The molecule has 14 heteroatoms. The Labute approximate surface area is 236 Å². The number of hydrogen-bond donors (Lipinski definition) is 3. The summed E-state index contributed by atoms with van der Waals surface area (Å²) in [6.07, 6.45) is 0. The van der Waals surface area contributed by atoms with Crippen LogP contribution >= 0.6 is 23.4 Å². The maximum atomic E-state index is 14.4. The fourth-order valence-corrected chi connectivity index (χ4v) is 5.05. The Morgan fingerprint density at radius 1 is 1.07 bits per heavy atom. The number of halogens is 2. The van der Waals surface area contributed by atoms with Crippen LogP contribution in [0.15, 0.2) is 76.9 Å². The molecular weight excluding hydrogens is 565 g/mol. The molecule has 4 rings (SSSR count). The number of hydrogen-bond acceptors (Lipinski definition) is 9. The van der Waals surface area contributed by atoms with Gasteiger partial charge < -0.3 is 25.8 Å². The fraction of sp³-hybridized carbons (Fsp3) is 0.115. The molecule has 11 nitrogen and oxygen atoms in total. The number of methoxy groups -OCH3 is 2. The Balaban J connectivity index is 1.68. The third-order valence-corrected chi connectivity index (χ3v) is 7.14. The van der Waals surface area contributed by atoms with Crippen molar-refractivity contribution in [1.29, 1.82) is 0 Å². The van der Waals surface area contributed by atoms with Gasteiger partial charge in [-0.25, -0.2) is 9.38 Å². The number of carbonyl (C=O) groups excluding carboxylic acids is 2. The van der Waals surface area contributed by atoms with Gasteiger partial charge in [0.25, 0.3) is 11.6 Å². The van der Waals surface area contributed by atoms with E-state index in [9.17, 15) is 24.1 Å². The normalized spacial score (nSPS) is 15.6. The molecule has 40 heavy (non-hydrogen) atoms. The van der Waals surface area contributed by atoms with Crippen LogP contribution in [0.25, 0.3) is 0 Å². The molecule has 0 saturated heterocycles. The summed E-state index contributed by atoms with van der Waals surface area (Å²) < 4.78 is 24.7. The SMILES string of the molecule is COc1ccc(NC(=O)C2=C(N)C(C(=O)Nc3ccc([N+](=O)[O-])cc3OC)SC2=Nc2ccccc2F)cc1Cl. The number of nitro benzene ring substituents is 1. The van der Waals surface area contributed by atoms with Crippen molar-refractivity contribution in [2.24, 2.45) is 10.7 Å². The van der Waals surface area contributed by atoms with Gasteiger partial charge in [0.15, 0.2) is 0 Å². The molecule has 1 unspecified atom stereocenters. The van der Waals surface area contributed by atoms with E-state index in [0.717, 1.165) is 17.8 Å². The van der Waals surface area contributed by atoms with E-state index in [1.807, 2.05) is 0 Å². The second-order valence-electron chi connectivity index (χ2n) is 8.13. The largest absolute Gasteiger partial charge is 0.495 e. The molecule has 0 aliphatic carbocycles. The van der Waals surface area contributed by atoms with Gasteiger partial charge in [0.05, 0.1) is 41.5 Å². The number of thioether (sulfide) groups is 1. The number of nitro groups is 1. The molecule has 3 aromatic rings. The molecule has 0 saturated carbocycles. The molecule has 0 fully saturated rings. The topological polar surface area (TPSA) is 158 Å². The summed E-state index contributed by atoms with van der Waals surface area (Å²) in [5, 5.41) is 15.5. The van der Waals surface area contributed by atoms with Crippen molar-refractivity contribution >= 4 is 63.0 Å². The summed E-state index contributed by atoms with van der Waals surface area (Å²) in [5.74, 6) is -1.56. The number of para-hydroxylation sites is 1. The number of carbonyl (C=O) groups is 2. The summed E-state index contributed by atoms with van der Waals surface area (Å²) >= 11 is 7.01. The van der Waals surface area contributed by atoms with Crippen LogP contribution in [-0.2, 0) is 9.59 Å². The highest BCUT2D eigenvalue weighted by molar-refractivity contribution is 8.16. The molecule has 2 amide bonds. The van der Waals surface area contributed by atoms with Crippen molar-refractivity contribution in [3.8, 4) is 11.5 Å². The van der Waals surface area contributed by atoms with E-state index in [1.54, 1.807) is 18.2 Å². The average Bonchev–Trinajstić information content (AvgIpc) is 3.25. The first-order valence-electron chi connectivity index (χ1n) is 11.4. The van der Waals surface area contributed by atoms with Crippen LogP contribution in [0.3, 0.4) is 0 Å². The lowest BCUT2D eigenvalue weighted by Gasteiger charge is -2.14. The van der Waals surface area contributed by atoms with E-state index >= 15 is 0 Å². The molecule has 1 heterocycles. The Hall–Kier alpha value is -4.62. The first kappa shape index (κ1) is 28.4. The average molecular weight is 586 g/mol. The molecule has 3 aromatic carbocycles. The van der Waals surface area contributed by atoms with Crippen molar-refractivity contribution in [3.05, 3.63) is 92.9 Å². The van der Waals surface area contributed by atoms with E-state index < -0.39 is 27.8 Å². The first-order chi connectivity index (χ1) is 19.1. The zero-order chi connectivity index (χ0) is 29.0. The summed E-state index contributed by atoms with van der Waals surface area (Å²) in [5.41, 5.74) is 6.22. The van der Waals surface area contributed by atoms with Crippen LogP contribution in [0.5, 0.6) is 11.5 Å². The molecule has 1 aliphatic rings. The number of non-ortho nitro benzene ring substituents is 1. The van der Waals surface area contributed by atoms with Crippen LogP contribution in [0.4, 0.5) is 27.1 Å². The minimum absolute atomic E-state index is 0.00974. The summed E-state index contributed by atoms with van der Waals surface area (Å²) in [6, 6.07) is 13.9. The number of ether oxygens (including phenoxy) is 2. The molecule has 206 valence electrons. The zero-order valence-corrected chi connectivity index (χ0v) is 22.5. The van der Waals surface area contributed by atoms with Crippen molar-refractivity contribution in [1.82, 2.24) is 0 Å². The van der Waals surface area contributed by atoms with Gasteiger partial charge in [-0.05, 0) is 36.4 Å². The minimum atomic E-state index is -1.15. The zero-order valence-electron chi connectivity index (χ0n) is 20.9. The van der Waals surface area contributed by atoms with Crippen LogP contribution < -0.4 is 25.8 Å². The fourth-order valence-electron chi connectivity index (χ4n) is 3.68. The van der Waals surface area contributed by atoms with E-state index in [2.05, 4.69) is 15.6 Å². The third-order valence-electron chi connectivity index (χ3n) is 5.62. The lowest BCUT2D eigenvalue weighted by molar-refractivity contribution is -0.384. The van der Waals surface area contributed by atoms with Crippen LogP contribution in [0, 0.1) is 15.9 Å². The second kappa shape index (κ2) is 12.1. The summed E-state index contributed by atoms with van der Waals surface area (Å²) in [7, 11) is 2.74. The number of aliphatic imine (C=N–C) groups is 1. The Morgan fingerprint density at radius 3 is 2.45 bits per heavy atom. The first-order valence-corrected chi connectivity index (χ1v) is 12.7. The highest BCUT2D eigenvalue weighted by Crippen LogP contribution is 2.38. The summed E-state index contributed by atoms with van der Waals surface area (Å²) in [6.45, 7) is 0. The molecule has 0 radical (unpaired) electrons. The quantitative estimate of drug-likeness (QED) is 0.245. The molecule has 0 spiro atoms. The third kappa shape index (κ3) is 6.00. The van der Waals surface area contributed by atoms with Gasteiger partial charge in [0, 0.05) is 17.5 Å². The van der Waals surface area contributed by atoms with Crippen LogP contribution in [0.2, 0.25) is 5.02 Å². The van der Waals surface area contributed by atoms with Gasteiger partial charge in [0.2, 0.25) is 5.91 Å². The molecular formula is C26H21ClFN5O6S. The lowest BCUT2D eigenvalue weighted by Crippen LogP contribution is -2.29. The monoisotopic (exact) mass is 585 g/mol. The van der Waals surface area contributed by atoms with Crippen molar-refractivity contribution < 1.29 is 28.4 Å². The number of benzene rings is 3. The highest BCUT2D eigenvalue weighted by Gasteiger charge is 2.39. The number of amides is 2. The Kier molecular flexibility index (Phi) is 8.55.